The summed E-state index contributed by atoms with van der Waals surface area (Å²) in [6.07, 6.45) is -3.99. The van der Waals surface area contributed by atoms with Gasteiger partial charge in [0, 0.05) is 19.8 Å². The zero-order valence-electron chi connectivity index (χ0n) is 29.2. The molecule has 50 heavy (non-hydrogen) atoms. The van der Waals surface area contributed by atoms with Crippen LogP contribution in [0.3, 0.4) is 0 Å². The maximum absolute atomic E-state index is 6.98. The van der Waals surface area contributed by atoms with Crippen LogP contribution >= 0.6 is 0 Å². The summed E-state index contributed by atoms with van der Waals surface area (Å²) in [5.41, 5.74) is 3.97. The van der Waals surface area contributed by atoms with Crippen LogP contribution in [0.5, 0.6) is 0 Å². The first-order chi connectivity index (χ1) is 24.4. The Kier molecular flexibility index (Phi) is 12.5. The van der Waals surface area contributed by atoms with Crippen molar-refractivity contribution in [1.82, 2.24) is 0 Å². The van der Waals surface area contributed by atoms with E-state index in [0.29, 0.717) is 19.8 Å². The number of rotatable bonds is 15. The first-order valence-corrected chi connectivity index (χ1v) is 17.1. The van der Waals surface area contributed by atoms with Crippen molar-refractivity contribution in [3.8, 4) is 0 Å². The van der Waals surface area contributed by atoms with E-state index in [4.69, 9.17) is 42.6 Å². The zero-order chi connectivity index (χ0) is 34.8. The minimum Gasteiger partial charge on any atom is -0.374 e. The molecule has 266 valence electrons. The van der Waals surface area contributed by atoms with Gasteiger partial charge in [0.25, 0.3) is 0 Å². The topological polar surface area (TPSA) is 83.1 Å². The van der Waals surface area contributed by atoms with Crippen LogP contribution in [0.1, 0.15) is 42.4 Å². The van der Waals surface area contributed by atoms with Crippen LogP contribution < -0.4 is 0 Å². The van der Waals surface area contributed by atoms with Gasteiger partial charge in [-0.1, -0.05) is 121 Å². The molecule has 0 saturated carbocycles. The Balaban J connectivity index is 1.35. The van der Waals surface area contributed by atoms with E-state index < -0.39 is 48.4 Å². The van der Waals surface area contributed by atoms with Gasteiger partial charge in [0.2, 0.25) is 11.6 Å². The van der Waals surface area contributed by atoms with Crippen LogP contribution in [0, 0.1) is 0 Å². The Bertz CT molecular complexity index is 1560. The molecule has 0 amide bonds. The second kappa shape index (κ2) is 17.2. The molecule has 6 rings (SSSR count). The fraction of sp³-hybridized carbons (Fsp3) is 0.415. The number of methoxy groups -OCH3 is 2. The van der Waals surface area contributed by atoms with Gasteiger partial charge in [-0.05, 0) is 30.5 Å². The van der Waals surface area contributed by atoms with E-state index in [1.54, 1.807) is 28.1 Å². The van der Waals surface area contributed by atoms with E-state index in [1.807, 2.05) is 121 Å². The molecule has 2 aliphatic rings. The molecule has 0 radical (unpaired) electrons. The Hall–Kier alpha value is -3.48. The molecule has 2 heterocycles. The van der Waals surface area contributed by atoms with Crippen molar-refractivity contribution in [2.45, 2.75) is 82.1 Å². The molecule has 0 aliphatic carbocycles. The molecule has 3 unspecified atom stereocenters. The number of hydrogen-bond donors (Lipinski definition) is 0. The fourth-order valence-electron chi connectivity index (χ4n) is 6.30. The summed E-state index contributed by atoms with van der Waals surface area (Å²) in [4.78, 5) is 0. The number of hydrogen-bond acceptors (Lipinski definition) is 9. The molecule has 0 spiro atoms. The molecule has 4 aromatic carbocycles. The lowest BCUT2D eigenvalue weighted by Crippen LogP contribution is -2.71. The van der Waals surface area contributed by atoms with Crippen molar-refractivity contribution in [3.05, 3.63) is 144 Å². The Morgan fingerprint density at radius 3 is 1.74 bits per heavy atom. The van der Waals surface area contributed by atoms with E-state index in [2.05, 4.69) is 0 Å². The maximum Gasteiger partial charge on any atom is 0.220 e. The minimum atomic E-state index is -1.33. The van der Waals surface area contributed by atoms with Crippen LogP contribution in [0.2, 0.25) is 0 Å². The molecule has 2 aliphatic heterocycles. The molecular formula is C41H48O9. The predicted octanol–water partition coefficient (Wildman–Crippen LogP) is 7.00. The van der Waals surface area contributed by atoms with Gasteiger partial charge < -0.3 is 42.6 Å². The summed E-state index contributed by atoms with van der Waals surface area (Å²) >= 11 is 0. The molecule has 2 fully saturated rings. The highest BCUT2D eigenvalue weighted by atomic mass is 16.8. The van der Waals surface area contributed by atoms with Gasteiger partial charge in [0.05, 0.1) is 33.0 Å². The lowest BCUT2D eigenvalue weighted by atomic mass is 9.93. The van der Waals surface area contributed by atoms with E-state index in [9.17, 15) is 0 Å². The van der Waals surface area contributed by atoms with E-state index in [-0.39, 0.29) is 13.2 Å². The molecule has 9 nitrogen and oxygen atoms in total. The Morgan fingerprint density at radius 1 is 0.640 bits per heavy atom. The van der Waals surface area contributed by atoms with Gasteiger partial charge in [-0.15, -0.1) is 0 Å². The molecule has 9 heteroatoms. The molecular weight excluding hydrogens is 636 g/mol. The third kappa shape index (κ3) is 8.69. The standard InChI is InChI=1S/C41H48O9/c1-40(42-3)41(2,43-4)50-38(36-35(46-27-32-21-13-7-14-22-32)29-47-39(48-36)33-23-15-8-16-24-33)37(49-40)34(45-26-31-19-11-6-12-20-31)28-44-25-30-17-9-5-10-18-30/h5-24,34-39H,25-29H2,1-4H3/t34-,35-,36-,37+,38+,39?,40?,41?/m1/s1. The lowest BCUT2D eigenvalue weighted by molar-refractivity contribution is -0.469. The quantitative estimate of drug-likeness (QED) is 0.132. The van der Waals surface area contributed by atoms with Crippen molar-refractivity contribution in [2.75, 3.05) is 27.4 Å². The average Bonchev–Trinajstić information content (AvgIpc) is 3.18. The summed E-state index contributed by atoms with van der Waals surface area (Å²) in [5.74, 6) is -2.65. The minimum absolute atomic E-state index is 0.205. The maximum atomic E-state index is 6.98. The molecule has 2 saturated heterocycles. The SMILES string of the molecule is COC1(C)O[C@@H]([C@@H]2OC(c3ccccc3)OC[C@H]2OCc2ccccc2)[C@H]([C@@H](COCc2ccccc2)OCc2ccccc2)OC1(C)OC. The summed E-state index contributed by atoms with van der Waals surface area (Å²) in [5, 5.41) is 0. The van der Waals surface area contributed by atoms with Crippen molar-refractivity contribution >= 4 is 0 Å². The third-order valence-corrected chi connectivity index (χ3v) is 9.48. The van der Waals surface area contributed by atoms with Crippen molar-refractivity contribution < 1.29 is 42.6 Å². The summed E-state index contributed by atoms with van der Waals surface area (Å²) in [7, 11) is 3.15. The monoisotopic (exact) mass is 684 g/mol. The lowest BCUT2D eigenvalue weighted by Gasteiger charge is -2.55. The third-order valence-electron chi connectivity index (χ3n) is 9.48. The van der Waals surface area contributed by atoms with Crippen LogP contribution in [-0.2, 0) is 62.5 Å². The normalized spacial score (nSPS) is 29.0. The molecule has 0 N–H and O–H groups in total. The van der Waals surface area contributed by atoms with Crippen LogP contribution in [0.25, 0.3) is 0 Å². The highest BCUT2D eigenvalue weighted by Crippen LogP contribution is 2.44. The number of ether oxygens (including phenoxy) is 9. The predicted molar refractivity (Wildman–Crippen MR) is 187 cm³/mol. The Morgan fingerprint density at radius 2 is 1.16 bits per heavy atom. The summed E-state index contributed by atoms with van der Waals surface area (Å²) in [6.45, 7) is 5.15. The van der Waals surface area contributed by atoms with Gasteiger partial charge in [-0.2, -0.15) is 0 Å². The highest BCUT2D eigenvalue weighted by Gasteiger charge is 2.61. The molecule has 4 aromatic rings. The smallest absolute Gasteiger partial charge is 0.220 e. The number of benzene rings is 4. The zero-order valence-corrected chi connectivity index (χ0v) is 29.2. The van der Waals surface area contributed by atoms with Crippen molar-refractivity contribution in [3.63, 3.8) is 0 Å². The van der Waals surface area contributed by atoms with Crippen LogP contribution in [-0.4, -0.2) is 69.5 Å². The van der Waals surface area contributed by atoms with Crippen LogP contribution in [0.4, 0.5) is 0 Å². The van der Waals surface area contributed by atoms with Gasteiger partial charge in [-0.25, -0.2) is 0 Å². The summed E-state index contributed by atoms with van der Waals surface area (Å²) in [6, 6.07) is 39.9. The van der Waals surface area contributed by atoms with Crippen LogP contribution in [0.15, 0.2) is 121 Å². The van der Waals surface area contributed by atoms with Gasteiger partial charge in [0.15, 0.2) is 6.29 Å². The van der Waals surface area contributed by atoms with E-state index in [1.165, 1.54) is 0 Å². The molecule has 0 aromatic heterocycles. The van der Waals surface area contributed by atoms with Gasteiger partial charge in [-0.3, -0.25) is 0 Å². The molecule has 8 atom stereocenters. The van der Waals surface area contributed by atoms with E-state index >= 15 is 0 Å². The first kappa shape index (κ1) is 36.3. The fourth-order valence-corrected chi connectivity index (χ4v) is 6.30. The van der Waals surface area contributed by atoms with E-state index in [0.717, 1.165) is 22.3 Å². The van der Waals surface area contributed by atoms with Crippen molar-refractivity contribution in [2.24, 2.45) is 0 Å². The summed E-state index contributed by atoms with van der Waals surface area (Å²) < 4.78 is 58.6. The van der Waals surface area contributed by atoms with Gasteiger partial charge in [0.1, 0.15) is 30.5 Å². The average molecular weight is 685 g/mol. The first-order valence-electron chi connectivity index (χ1n) is 17.1. The molecule has 0 bridgehead atoms. The second-order valence-corrected chi connectivity index (χ2v) is 12.8. The van der Waals surface area contributed by atoms with Gasteiger partial charge >= 0.3 is 0 Å². The highest BCUT2D eigenvalue weighted by molar-refractivity contribution is 5.18. The largest absolute Gasteiger partial charge is 0.374 e. The Labute approximate surface area is 295 Å². The second-order valence-electron chi connectivity index (χ2n) is 12.8. The van der Waals surface area contributed by atoms with Crippen molar-refractivity contribution in [1.29, 1.82) is 0 Å².